The molecule has 24 heavy (non-hydrogen) atoms. The third-order valence-electron chi connectivity index (χ3n) is 4.12. The van der Waals surface area contributed by atoms with E-state index in [0.717, 1.165) is 0 Å². The number of amides is 2. The Kier molecular flexibility index (Phi) is 9.03. The van der Waals surface area contributed by atoms with Crippen molar-refractivity contribution in [3.63, 3.8) is 0 Å². The number of nitrogens with zero attached hydrogens (tertiary/aromatic N) is 3. The number of anilines is 1. The van der Waals surface area contributed by atoms with Gasteiger partial charge in [-0.05, 0) is 19.1 Å². The number of halogens is 2. The summed E-state index contributed by atoms with van der Waals surface area (Å²) < 4.78 is 0. The Hall–Kier alpha value is -1.57. The lowest BCUT2D eigenvalue weighted by atomic mass is 10.0. The van der Waals surface area contributed by atoms with Crippen LogP contribution in [-0.4, -0.2) is 53.9 Å². The normalized spacial score (nSPS) is 16.5. The standard InChI is InChI=1S/C15H23N5O2.2ClH/c1-10(11(2)16)15(22)20-8-6-19(7-9-20)14-12(13(17)21)4-3-5-18-14;;/h3-5,10-11H,6-9,16H2,1-2H3,(H2,17,21);2*1H. The van der Waals surface area contributed by atoms with Crippen molar-refractivity contribution in [1.29, 1.82) is 0 Å². The van der Waals surface area contributed by atoms with Crippen molar-refractivity contribution in [1.82, 2.24) is 9.88 Å². The Morgan fingerprint density at radius 2 is 1.75 bits per heavy atom. The van der Waals surface area contributed by atoms with Crippen LogP contribution in [-0.2, 0) is 4.79 Å². The highest BCUT2D eigenvalue weighted by Gasteiger charge is 2.28. The summed E-state index contributed by atoms with van der Waals surface area (Å²) in [4.78, 5) is 31.8. The number of pyridine rings is 1. The van der Waals surface area contributed by atoms with Crippen LogP contribution in [0.2, 0.25) is 0 Å². The molecule has 0 radical (unpaired) electrons. The maximum absolute atomic E-state index is 12.3. The summed E-state index contributed by atoms with van der Waals surface area (Å²) in [5.74, 6) is -0.0251. The molecule has 2 rings (SSSR count). The second-order valence-electron chi connectivity index (χ2n) is 5.70. The van der Waals surface area contributed by atoms with Gasteiger partial charge in [0.1, 0.15) is 5.82 Å². The van der Waals surface area contributed by atoms with Crippen LogP contribution in [0, 0.1) is 5.92 Å². The van der Waals surface area contributed by atoms with Gasteiger partial charge >= 0.3 is 0 Å². The molecule has 136 valence electrons. The van der Waals surface area contributed by atoms with E-state index in [1.165, 1.54) is 0 Å². The molecule has 1 fully saturated rings. The first-order chi connectivity index (χ1) is 10.4. The van der Waals surface area contributed by atoms with E-state index >= 15 is 0 Å². The summed E-state index contributed by atoms with van der Waals surface area (Å²) in [7, 11) is 0. The zero-order chi connectivity index (χ0) is 16.3. The van der Waals surface area contributed by atoms with Gasteiger partial charge in [-0.1, -0.05) is 6.92 Å². The summed E-state index contributed by atoms with van der Waals surface area (Å²) in [5, 5.41) is 0. The van der Waals surface area contributed by atoms with Crippen molar-refractivity contribution in [3.05, 3.63) is 23.9 Å². The summed E-state index contributed by atoms with van der Waals surface area (Å²) >= 11 is 0. The van der Waals surface area contributed by atoms with Crippen LogP contribution in [0.25, 0.3) is 0 Å². The quantitative estimate of drug-likeness (QED) is 0.801. The predicted octanol–water partition coefficient (Wildman–Crippen LogP) is 0.656. The predicted molar refractivity (Wildman–Crippen MR) is 98.9 cm³/mol. The Labute approximate surface area is 154 Å². The Morgan fingerprint density at radius 3 is 2.25 bits per heavy atom. The number of nitrogens with two attached hydrogens (primary N) is 2. The summed E-state index contributed by atoms with van der Waals surface area (Å²) in [6.45, 7) is 6.11. The van der Waals surface area contributed by atoms with Crippen molar-refractivity contribution in [2.24, 2.45) is 17.4 Å². The van der Waals surface area contributed by atoms with Crippen molar-refractivity contribution >= 4 is 42.4 Å². The molecule has 2 atom stereocenters. The number of carbonyl (C=O) groups excluding carboxylic acids is 2. The van der Waals surface area contributed by atoms with Crippen LogP contribution < -0.4 is 16.4 Å². The van der Waals surface area contributed by atoms with E-state index in [1.807, 2.05) is 23.6 Å². The molecule has 0 saturated carbocycles. The van der Waals surface area contributed by atoms with Crippen molar-refractivity contribution in [3.8, 4) is 0 Å². The molecule has 1 aromatic heterocycles. The third kappa shape index (κ3) is 4.96. The van der Waals surface area contributed by atoms with Crippen molar-refractivity contribution < 1.29 is 9.59 Å². The second kappa shape index (κ2) is 9.66. The molecule has 1 saturated heterocycles. The molecule has 1 aliphatic rings. The van der Waals surface area contributed by atoms with E-state index in [0.29, 0.717) is 37.6 Å². The molecule has 1 aromatic rings. The molecule has 2 unspecified atom stereocenters. The molecule has 0 aromatic carbocycles. The van der Waals surface area contributed by atoms with Gasteiger partial charge in [0, 0.05) is 38.4 Å². The molecule has 7 nitrogen and oxygen atoms in total. The minimum Gasteiger partial charge on any atom is -0.365 e. The van der Waals surface area contributed by atoms with Crippen molar-refractivity contribution in [2.75, 3.05) is 31.1 Å². The Morgan fingerprint density at radius 1 is 1.17 bits per heavy atom. The van der Waals surface area contributed by atoms with Gasteiger partial charge in [0.05, 0.1) is 11.5 Å². The lowest BCUT2D eigenvalue weighted by Crippen LogP contribution is -2.52. The van der Waals surface area contributed by atoms with Gasteiger partial charge in [-0.3, -0.25) is 9.59 Å². The number of piperazine rings is 1. The lowest BCUT2D eigenvalue weighted by Gasteiger charge is -2.37. The van der Waals surface area contributed by atoms with Crippen LogP contribution in [0.3, 0.4) is 0 Å². The maximum atomic E-state index is 12.3. The summed E-state index contributed by atoms with van der Waals surface area (Å²) in [5.41, 5.74) is 11.6. The molecule has 0 aliphatic carbocycles. The topological polar surface area (TPSA) is 106 Å². The fraction of sp³-hybridized carbons (Fsp3) is 0.533. The van der Waals surface area contributed by atoms with E-state index in [9.17, 15) is 9.59 Å². The van der Waals surface area contributed by atoms with Crippen LogP contribution in [0.5, 0.6) is 0 Å². The van der Waals surface area contributed by atoms with Crippen LogP contribution >= 0.6 is 24.8 Å². The number of hydrogen-bond donors (Lipinski definition) is 2. The molecule has 9 heteroatoms. The van der Waals surface area contributed by atoms with Crippen LogP contribution in [0.15, 0.2) is 18.3 Å². The minimum atomic E-state index is -0.493. The molecule has 0 bridgehead atoms. The van der Waals surface area contributed by atoms with Gasteiger partial charge in [-0.25, -0.2) is 4.98 Å². The highest BCUT2D eigenvalue weighted by atomic mass is 35.5. The van der Waals surface area contributed by atoms with E-state index in [1.54, 1.807) is 18.3 Å². The zero-order valence-corrected chi connectivity index (χ0v) is 15.5. The Balaban J connectivity index is 0.00000264. The molecule has 0 spiro atoms. The number of rotatable bonds is 4. The Bertz CT molecular complexity index is 563. The van der Waals surface area contributed by atoms with Gasteiger partial charge in [0.15, 0.2) is 0 Å². The maximum Gasteiger partial charge on any atom is 0.252 e. The van der Waals surface area contributed by atoms with Gasteiger partial charge < -0.3 is 21.3 Å². The molecule has 2 heterocycles. The number of carbonyl (C=O) groups is 2. The first kappa shape index (κ1) is 22.4. The van der Waals surface area contributed by atoms with Crippen molar-refractivity contribution in [2.45, 2.75) is 19.9 Å². The van der Waals surface area contributed by atoms with E-state index in [-0.39, 0.29) is 42.7 Å². The van der Waals surface area contributed by atoms with E-state index in [2.05, 4.69) is 4.98 Å². The molecule has 2 amide bonds. The average Bonchev–Trinajstić information content (AvgIpc) is 2.53. The van der Waals surface area contributed by atoms with Gasteiger partial charge in [-0.15, -0.1) is 24.8 Å². The van der Waals surface area contributed by atoms with Crippen LogP contribution in [0.4, 0.5) is 5.82 Å². The number of hydrogen-bond acceptors (Lipinski definition) is 5. The van der Waals surface area contributed by atoms with E-state index in [4.69, 9.17) is 11.5 Å². The fourth-order valence-corrected chi connectivity index (χ4v) is 2.49. The zero-order valence-electron chi connectivity index (χ0n) is 13.8. The van der Waals surface area contributed by atoms with Crippen LogP contribution in [0.1, 0.15) is 24.2 Å². The second-order valence-corrected chi connectivity index (χ2v) is 5.70. The fourth-order valence-electron chi connectivity index (χ4n) is 2.49. The highest BCUT2D eigenvalue weighted by molar-refractivity contribution is 5.97. The van der Waals surface area contributed by atoms with Gasteiger partial charge in [-0.2, -0.15) is 0 Å². The summed E-state index contributed by atoms with van der Waals surface area (Å²) in [6, 6.07) is 3.19. The average molecular weight is 378 g/mol. The minimum absolute atomic E-state index is 0. The highest BCUT2D eigenvalue weighted by Crippen LogP contribution is 2.19. The molecular formula is C15H25Cl2N5O2. The largest absolute Gasteiger partial charge is 0.365 e. The van der Waals surface area contributed by atoms with Gasteiger partial charge in [0.25, 0.3) is 5.91 Å². The summed E-state index contributed by atoms with van der Waals surface area (Å²) in [6.07, 6.45) is 1.64. The molecule has 1 aliphatic heterocycles. The van der Waals surface area contributed by atoms with Gasteiger partial charge in [0.2, 0.25) is 5.91 Å². The monoisotopic (exact) mass is 377 g/mol. The van der Waals surface area contributed by atoms with E-state index < -0.39 is 5.91 Å². The molecular weight excluding hydrogens is 353 g/mol. The SMILES string of the molecule is CC(N)C(C)C(=O)N1CCN(c2ncccc2C(N)=O)CC1.Cl.Cl. The third-order valence-corrected chi connectivity index (χ3v) is 4.12. The number of aromatic nitrogens is 1. The first-order valence-corrected chi connectivity index (χ1v) is 7.46. The smallest absolute Gasteiger partial charge is 0.252 e. The molecule has 4 N–H and O–H groups in total. The number of primary amides is 1. The first-order valence-electron chi connectivity index (χ1n) is 7.46. The lowest BCUT2D eigenvalue weighted by molar-refractivity contribution is -0.135.